The molecule has 18 heavy (non-hydrogen) atoms. The van der Waals surface area contributed by atoms with E-state index in [-0.39, 0.29) is 0 Å². The van der Waals surface area contributed by atoms with Crippen LogP contribution in [0, 0.1) is 5.41 Å². The smallest absolute Gasteiger partial charge is 0.203 e. The van der Waals surface area contributed by atoms with E-state index in [1.165, 1.54) is 25.7 Å². The minimum Gasteiger partial charge on any atom is -0.383 e. The molecule has 0 bridgehead atoms. The van der Waals surface area contributed by atoms with Crippen LogP contribution >= 0.6 is 0 Å². The number of methoxy groups -OCH3 is 1. The summed E-state index contributed by atoms with van der Waals surface area (Å²) in [6.07, 6.45) is 9.07. The molecule has 1 aliphatic carbocycles. The molecule has 1 saturated carbocycles. The fraction of sp³-hybridized carbons (Fsp3) is 0.786. The van der Waals surface area contributed by atoms with Crippen molar-refractivity contribution in [1.29, 1.82) is 0 Å². The van der Waals surface area contributed by atoms with Crippen molar-refractivity contribution in [2.24, 2.45) is 5.41 Å². The van der Waals surface area contributed by atoms with Gasteiger partial charge in [0.25, 0.3) is 0 Å². The van der Waals surface area contributed by atoms with Crippen LogP contribution in [0.1, 0.15) is 39.5 Å². The van der Waals surface area contributed by atoms with E-state index < -0.39 is 0 Å². The summed E-state index contributed by atoms with van der Waals surface area (Å²) in [7, 11) is 1.73. The van der Waals surface area contributed by atoms with E-state index in [4.69, 9.17) is 4.74 Å². The number of ether oxygens (including phenoxy) is 1. The molecule has 0 radical (unpaired) electrons. The third-order valence-electron chi connectivity index (χ3n) is 4.06. The lowest BCUT2D eigenvalue weighted by Gasteiger charge is -2.39. The second kappa shape index (κ2) is 5.74. The third kappa shape index (κ3) is 3.05. The summed E-state index contributed by atoms with van der Waals surface area (Å²) in [5.41, 5.74) is 0.357. The monoisotopic (exact) mass is 251 g/mol. The first-order valence-corrected chi connectivity index (χ1v) is 6.90. The summed E-state index contributed by atoms with van der Waals surface area (Å²) in [5, 5.41) is 3.62. The molecular formula is C14H25N3O. The SMILES string of the molecule is COCCn1ccnc1NC1CCCCC1(C)C. The number of nitrogens with zero attached hydrogens (tertiary/aromatic N) is 2. The molecule has 1 aromatic heterocycles. The Kier molecular flexibility index (Phi) is 4.27. The number of nitrogens with one attached hydrogen (secondary N) is 1. The number of anilines is 1. The van der Waals surface area contributed by atoms with Crippen molar-refractivity contribution in [3.8, 4) is 0 Å². The van der Waals surface area contributed by atoms with Crippen LogP contribution in [0.3, 0.4) is 0 Å². The molecule has 1 heterocycles. The summed E-state index contributed by atoms with van der Waals surface area (Å²) in [4.78, 5) is 4.43. The molecule has 1 aromatic rings. The Balaban J connectivity index is 2.01. The van der Waals surface area contributed by atoms with Crippen molar-refractivity contribution in [2.75, 3.05) is 19.0 Å². The maximum atomic E-state index is 5.12. The van der Waals surface area contributed by atoms with E-state index in [0.29, 0.717) is 11.5 Å². The fourth-order valence-corrected chi connectivity index (χ4v) is 2.74. The lowest BCUT2D eigenvalue weighted by Crippen LogP contribution is -2.39. The van der Waals surface area contributed by atoms with E-state index >= 15 is 0 Å². The van der Waals surface area contributed by atoms with Crippen LogP contribution in [0.25, 0.3) is 0 Å². The van der Waals surface area contributed by atoms with E-state index in [9.17, 15) is 0 Å². The Bertz CT molecular complexity index is 373. The van der Waals surface area contributed by atoms with Crippen molar-refractivity contribution in [3.63, 3.8) is 0 Å². The first-order valence-electron chi connectivity index (χ1n) is 6.90. The van der Waals surface area contributed by atoms with Crippen LogP contribution < -0.4 is 5.32 Å². The molecule has 0 saturated heterocycles. The average molecular weight is 251 g/mol. The number of imidazole rings is 1. The number of rotatable bonds is 5. The van der Waals surface area contributed by atoms with Crippen molar-refractivity contribution in [2.45, 2.75) is 52.1 Å². The fourth-order valence-electron chi connectivity index (χ4n) is 2.74. The topological polar surface area (TPSA) is 39.1 Å². The minimum atomic E-state index is 0.357. The predicted molar refractivity (Wildman–Crippen MR) is 73.8 cm³/mol. The molecule has 102 valence electrons. The van der Waals surface area contributed by atoms with E-state index in [1.807, 2.05) is 12.4 Å². The zero-order chi connectivity index (χ0) is 13.0. The Morgan fingerprint density at radius 1 is 1.50 bits per heavy atom. The molecular weight excluding hydrogens is 226 g/mol. The molecule has 0 aromatic carbocycles. The molecule has 1 atom stereocenters. The van der Waals surface area contributed by atoms with Crippen LogP contribution in [0.2, 0.25) is 0 Å². The van der Waals surface area contributed by atoms with E-state index in [0.717, 1.165) is 19.1 Å². The standard InChI is InChI=1S/C14H25N3O/c1-14(2)7-5-4-6-12(14)16-13-15-8-9-17(13)10-11-18-3/h8-9,12H,4-7,10-11H2,1-3H3,(H,15,16). The van der Waals surface area contributed by atoms with Crippen molar-refractivity contribution < 1.29 is 4.74 Å². The van der Waals surface area contributed by atoms with Gasteiger partial charge in [0.05, 0.1) is 6.61 Å². The van der Waals surface area contributed by atoms with Gasteiger partial charge in [-0.25, -0.2) is 4.98 Å². The predicted octanol–water partition coefficient (Wildman–Crippen LogP) is 2.91. The summed E-state index contributed by atoms with van der Waals surface area (Å²) in [6, 6.07) is 0.523. The zero-order valence-electron chi connectivity index (χ0n) is 11.8. The molecule has 1 aliphatic rings. The summed E-state index contributed by atoms with van der Waals surface area (Å²) in [6.45, 7) is 6.28. The molecule has 2 rings (SSSR count). The van der Waals surface area contributed by atoms with Crippen LogP contribution in [0.5, 0.6) is 0 Å². The van der Waals surface area contributed by atoms with Crippen molar-refractivity contribution in [1.82, 2.24) is 9.55 Å². The molecule has 1 N–H and O–H groups in total. The van der Waals surface area contributed by atoms with Gasteiger partial charge in [0.2, 0.25) is 5.95 Å². The van der Waals surface area contributed by atoms with Gasteiger partial charge >= 0.3 is 0 Å². The molecule has 1 fully saturated rings. The maximum absolute atomic E-state index is 5.12. The highest BCUT2D eigenvalue weighted by atomic mass is 16.5. The van der Waals surface area contributed by atoms with E-state index in [2.05, 4.69) is 28.7 Å². The first kappa shape index (κ1) is 13.4. The number of hydrogen-bond donors (Lipinski definition) is 1. The van der Waals surface area contributed by atoms with Crippen LogP contribution in [-0.4, -0.2) is 29.3 Å². The normalized spacial score (nSPS) is 22.9. The first-order chi connectivity index (χ1) is 8.63. The summed E-state index contributed by atoms with van der Waals surface area (Å²) < 4.78 is 7.26. The Hall–Kier alpha value is -1.03. The molecule has 4 heteroatoms. The summed E-state index contributed by atoms with van der Waals surface area (Å²) in [5.74, 6) is 0.979. The molecule has 0 amide bonds. The van der Waals surface area contributed by atoms with Crippen LogP contribution in [-0.2, 0) is 11.3 Å². The molecule has 1 unspecified atom stereocenters. The Morgan fingerprint density at radius 2 is 2.33 bits per heavy atom. The number of aromatic nitrogens is 2. The maximum Gasteiger partial charge on any atom is 0.203 e. The number of hydrogen-bond acceptors (Lipinski definition) is 3. The summed E-state index contributed by atoms with van der Waals surface area (Å²) >= 11 is 0. The van der Waals surface area contributed by atoms with Crippen LogP contribution in [0.15, 0.2) is 12.4 Å². The molecule has 4 nitrogen and oxygen atoms in total. The van der Waals surface area contributed by atoms with Gasteiger partial charge in [0, 0.05) is 32.1 Å². The minimum absolute atomic E-state index is 0.357. The van der Waals surface area contributed by atoms with Crippen LogP contribution in [0.4, 0.5) is 5.95 Å². The lowest BCUT2D eigenvalue weighted by atomic mass is 9.73. The Morgan fingerprint density at radius 3 is 3.06 bits per heavy atom. The second-order valence-corrected chi connectivity index (χ2v) is 5.87. The van der Waals surface area contributed by atoms with Gasteiger partial charge in [-0.1, -0.05) is 26.7 Å². The highest BCUT2D eigenvalue weighted by Gasteiger charge is 2.32. The van der Waals surface area contributed by atoms with E-state index in [1.54, 1.807) is 7.11 Å². The largest absolute Gasteiger partial charge is 0.383 e. The van der Waals surface area contributed by atoms with Crippen molar-refractivity contribution in [3.05, 3.63) is 12.4 Å². The molecule has 0 spiro atoms. The highest BCUT2D eigenvalue weighted by Crippen LogP contribution is 2.36. The van der Waals surface area contributed by atoms with Gasteiger partial charge in [-0.3, -0.25) is 0 Å². The zero-order valence-corrected chi connectivity index (χ0v) is 11.8. The third-order valence-corrected chi connectivity index (χ3v) is 4.06. The lowest BCUT2D eigenvalue weighted by molar-refractivity contribution is 0.186. The molecule has 0 aliphatic heterocycles. The highest BCUT2D eigenvalue weighted by molar-refractivity contribution is 5.29. The van der Waals surface area contributed by atoms with Gasteiger partial charge in [-0.2, -0.15) is 0 Å². The quantitative estimate of drug-likeness (QED) is 0.874. The second-order valence-electron chi connectivity index (χ2n) is 5.87. The van der Waals surface area contributed by atoms with Gasteiger partial charge in [-0.05, 0) is 18.3 Å². The van der Waals surface area contributed by atoms with Gasteiger partial charge < -0.3 is 14.6 Å². The van der Waals surface area contributed by atoms with Gasteiger partial charge in [-0.15, -0.1) is 0 Å². The Labute approximate surface area is 110 Å². The van der Waals surface area contributed by atoms with Gasteiger partial charge in [0.1, 0.15) is 0 Å². The average Bonchev–Trinajstić information content (AvgIpc) is 2.76. The van der Waals surface area contributed by atoms with Crippen molar-refractivity contribution >= 4 is 5.95 Å². The van der Waals surface area contributed by atoms with Gasteiger partial charge in [0.15, 0.2) is 0 Å².